The maximum absolute atomic E-state index is 4.38. The minimum absolute atomic E-state index is 0.948. The number of nitrogens with zero attached hydrogens (tertiary/aromatic N) is 2. The Hall–Kier alpha value is -2.03. The van der Waals surface area contributed by atoms with Gasteiger partial charge in [0.15, 0.2) is 0 Å². The lowest BCUT2D eigenvalue weighted by Gasteiger charge is -2.30. The van der Waals surface area contributed by atoms with Crippen molar-refractivity contribution >= 4 is 11.5 Å². The van der Waals surface area contributed by atoms with Crippen molar-refractivity contribution in [1.29, 1.82) is 0 Å². The first kappa shape index (κ1) is 11.1. The molecule has 1 aliphatic heterocycles. The molecular formula is C15H17N3. The molecular weight excluding hydrogens is 222 g/mol. The SMILES string of the molecule is CNc1cc2c(cn1)CCN(c1ccccc1)C2. The van der Waals surface area contributed by atoms with Gasteiger partial charge in [-0.25, -0.2) is 4.98 Å². The summed E-state index contributed by atoms with van der Waals surface area (Å²) < 4.78 is 0. The highest BCUT2D eigenvalue weighted by atomic mass is 15.1. The molecule has 18 heavy (non-hydrogen) atoms. The van der Waals surface area contributed by atoms with Crippen LogP contribution in [0.15, 0.2) is 42.6 Å². The van der Waals surface area contributed by atoms with Crippen molar-refractivity contribution in [2.75, 3.05) is 23.8 Å². The standard InChI is InChI=1S/C15H17N3/c1-16-15-9-13-11-18(8-7-12(13)10-17-15)14-5-3-2-4-6-14/h2-6,9-10H,7-8,11H2,1H3,(H,16,17). The topological polar surface area (TPSA) is 28.2 Å². The third-order valence-corrected chi connectivity index (χ3v) is 3.47. The Morgan fingerprint density at radius 1 is 1.17 bits per heavy atom. The van der Waals surface area contributed by atoms with E-state index >= 15 is 0 Å². The Morgan fingerprint density at radius 2 is 2.00 bits per heavy atom. The summed E-state index contributed by atoms with van der Waals surface area (Å²) in [6.45, 7) is 2.04. The van der Waals surface area contributed by atoms with E-state index in [-0.39, 0.29) is 0 Å². The highest BCUT2D eigenvalue weighted by molar-refractivity contribution is 5.51. The average Bonchev–Trinajstić information content (AvgIpc) is 2.47. The van der Waals surface area contributed by atoms with Crippen LogP contribution >= 0.6 is 0 Å². The molecule has 1 aromatic carbocycles. The zero-order valence-electron chi connectivity index (χ0n) is 10.6. The van der Waals surface area contributed by atoms with Gasteiger partial charge in [-0.05, 0) is 35.7 Å². The van der Waals surface area contributed by atoms with E-state index in [1.165, 1.54) is 16.8 Å². The minimum atomic E-state index is 0.948. The van der Waals surface area contributed by atoms with E-state index in [0.29, 0.717) is 0 Å². The van der Waals surface area contributed by atoms with Crippen LogP contribution in [0, 0.1) is 0 Å². The third-order valence-electron chi connectivity index (χ3n) is 3.47. The summed E-state index contributed by atoms with van der Waals surface area (Å²) in [5, 5.41) is 3.10. The monoisotopic (exact) mass is 239 g/mol. The van der Waals surface area contributed by atoms with Crippen molar-refractivity contribution in [2.45, 2.75) is 13.0 Å². The van der Waals surface area contributed by atoms with Gasteiger partial charge in [-0.1, -0.05) is 18.2 Å². The predicted molar refractivity (Wildman–Crippen MR) is 75.0 cm³/mol. The van der Waals surface area contributed by atoms with Gasteiger partial charge < -0.3 is 10.2 Å². The molecule has 2 heterocycles. The fourth-order valence-corrected chi connectivity index (χ4v) is 2.43. The molecule has 0 atom stereocenters. The van der Waals surface area contributed by atoms with E-state index in [4.69, 9.17) is 0 Å². The molecule has 2 aromatic rings. The summed E-state index contributed by atoms with van der Waals surface area (Å²) in [5.41, 5.74) is 4.05. The smallest absolute Gasteiger partial charge is 0.125 e. The normalized spacial score (nSPS) is 14.2. The van der Waals surface area contributed by atoms with E-state index in [1.54, 1.807) is 0 Å². The number of hydrogen-bond donors (Lipinski definition) is 1. The van der Waals surface area contributed by atoms with Gasteiger partial charge in [-0.3, -0.25) is 0 Å². The maximum atomic E-state index is 4.38. The predicted octanol–water partition coefficient (Wildman–Crippen LogP) is 2.69. The molecule has 92 valence electrons. The van der Waals surface area contributed by atoms with Gasteiger partial charge in [-0.2, -0.15) is 0 Å². The van der Waals surface area contributed by atoms with Gasteiger partial charge in [0.25, 0.3) is 0 Å². The van der Waals surface area contributed by atoms with Crippen LogP contribution in [0.25, 0.3) is 0 Å². The number of rotatable bonds is 2. The Bertz CT molecular complexity index is 537. The van der Waals surface area contributed by atoms with E-state index in [9.17, 15) is 0 Å². The highest BCUT2D eigenvalue weighted by Crippen LogP contribution is 2.25. The number of benzene rings is 1. The van der Waals surface area contributed by atoms with E-state index in [0.717, 1.165) is 25.3 Å². The van der Waals surface area contributed by atoms with Crippen LogP contribution in [0.1, 0.15) is 11.1 Å². The Morgan fingerprint density at radius 3 is 2.78 bits per heavy atom. The Balaban J connectivity index is 1.88. The summed E-state index contributed by atoms with van der Waals surface area (Å²) in [4.78, 5) is 6.80. The van der Waals surface area contributed by atoms with Crippen LogP contribution in [0.5, 0.6) is 0 Å². The Kier molecular flexibility index (Phi) is 2.89. The first-order valence-corrected chi connectivity index (χ1v) is 6.32. The molecule has 0 amide bonds. The summed E-state index contributed by atoms with van der Waals surface area (Å²) in [7, 11) is 1.91. The Labute approximate surface area is 107 Å². The summed E-state index contributed by atoms with van der Waals surface area (Å²) in [6, 6.07) is 12.7. The van der Waals surface area contributed by atoms with Gasteiger partial charge in [-0.15, -0.1) is 0 Å². The molecule has 1 N–H and O–H groups in total. The van der Waals surface area contributed by atoms with E-state index < -0.39 is 0 Å². The van der Waals surface area contributed by atoms with Gasteiger partial charge in [0.05, 0.1) is 0 Å². The van der Waals surface area contributed by atoms with Crippen LogP contribution in [-0.2, 0) is 13.0 Å². The van der Waals surface area contributed by atoms with Crippen LogP contribution < -0.4 is 10.2 Å². The largest absolute Gasteiger partial charge is 0.373 e. The first-order valence-electron chi connectivity index (χ1n) is 6.32. The molecule has 0 spiro atoms. The van der Waals surface area contributed by atoms with Crippen molar-refractivity contribution in [3.8, 4) is 0 Å². The molecule has 0 saturated carbocycles. The maximum Gasteiger partial charge on any atom is 0.125 e. The number of para-hydroxylation sites is 1. The lowest BCUT2D eigenvalue weighted by molar-refractivity contribution is 0.728. The van der Waals surface area contributed by atoms with Crippen LogP contribution in [0.4, 0.5) is 11.5 Å². The summed E-state index contributed by atoms with van der Waals surface area (Å²) >= 11 is 0. The molecule has 1 aromatic heterocycles. The van der Waals surface area contributed by atoms with Crippen molar-refractivity contribution in [3.05, 3.63) is 53.7 Å². The number of nitrogens with one attached hydrogen (secondary N) is 1. The van der Waals surface area contributed by atoms with Gasteiger partial charge in [0.1, 0.15) is 5.82 Å². The van der Waals surface area contributed by atoms with Gasteiger partial charge >= 0.3 is 0 Å². The average molecular weight is 239 g/mol. The number of pyridine rings is 1. The molecule has 0 unspecified atom stereocenters. The van der Waals surface area contributed by atoms with Crippen LogP contribution in [0.3, 0.4) is 0 Å². The summed E-state index contributed by atoms with van der Waals surface area (Å²) in [6.07, 6.45) is 3.07. The molecule has 3 nitrogen and oxygen atoms in total. The number of aromatic nitrogens is 1. The van der Waals surface area contributed by atoms with Crippen molar-refractivity contribution in [1.82, 2.24) is 4.98 Å². The van der Waals surface area contributed by atoms with Crippen molar-refractivity contribution in [2.24, 2.45) is 0 Å². The molecule has 1 aliphatic rings. The van der Waals surface area contributed by atoms with Gasteiger partial charge in [0, 0.05) is 32.0 Å². The zero-order chi connectivity index (χ0) is 12.4. The lowest BCUT2D eigenvalue weighted by atomic mass is 10.0. The van der Waals surface area contributed by atoms with Crippen molar-refractivity contribution < 1.29 is 0 Å². The molecule has 0 radical (unpaired) electrons. The summed E-state index contributed by atoms with van der Waals surface area (Å²) in [5.74, 6) is 0.948. The fourth-order valence-electron chi connectivity index (χ4n) is 2.43. The van der Waals surface area contributed by atoms with Crippen LogP contribution in [-0.4, -0.2) is 18.6 Å². The molecule has 0 saturated heterocycles. The first-order chi connectivity index (χ1) is 8.86. The second-order valence-corrected chi connectivity index (χ2v) is 4.60. The molecule has 0 fully saturated rings. The van der Waals surface area contributed by atoms with Crippen molar-refractivity contribution in [3.63, 3.8) is 0 Å². The molecule has 3 rings (SSSR count). The van der Waals surface area contributed by atoms with Crippen LogP contribution in [0.2, 0.25) is 0 Å². The molecule has 0 bridgehead atoms. The zero-order valence-corrected chi connectivity index (χ0v) is 10.6. The van der Waals surface area contributed by atoms with E-state index in [2.05, 4.69) is 51.6 Å². The second-order valence-electron chi connectivity index (χ2n) is 4.60. The quantitative estimate of drug-likeness (QED) is 0.873. The van der Waals surface area contributed by atoms with Gasteiger partial charge in [0.2, 0.25) is 0 Å². The minimum Gasteiger partial charge on any atom is -0.373 e. The second kappa shape index (κ2) is 4.69. The molecule has 3 heteroatoms. The number of anilines is 2. The number of hydrogen-bond acceptors (Lipinski definition) is 3. The lowest BCUT2D eigenvalue weighted by Crippen LogP contribution is -2.30. The molecule has 0 aliphatic carbocycles. The third kappa shape index (κ3) is 2.04. The number of fused-ring (bicyclic) bond motifs is 1. The highest BCUT2D eigenvalue weighted by Gasteiger charge is 2.17. The fraction of sp³-hybridized carbons (Fsp3) is 0.267. The van der Waals surface area contributed by atoms with E-state index in [1.807, 2.05) is 13.2 Å².